The third-order valence-corrected chi connectivity index (χ3v) is 7.23. The van der Waals surface area contributed by atoms with Gasteiger partial charge in [0.25, 0.3) is 0 Å². The second kappa shape index (κ2) is 13.3. The van der Waals surface area contributed by atoms with Gasteiger partial charge in [0.15, 0.2) is 5.15 Å². The molecule has 0 radical (unpaired) electrons. The van der Waals surface area contributed by atoms with Crippen LogP contribution in [-0.4, -0.2) is 42.2 Å². The smallest absolute Gasteiger partial charge is 0.323 e. The van der Waals surface area contributed by atoms with Crippen molar-refractivity contribution in [1.82, 2.24) is 30.2 Å². The lowest BCUT2D eigenvalue weighted by Crippen LogP contribution is -2.34. The van der Waals surface area contributed by atoms with Crippen LogP contribution in [0.4, 0.5) is 0 Å². The molecule has 0 fully saturated rings. The number of aryl methyl sites for hydroxylation is 1. The van der Waals surface area contributed by atoms with Crippen molar-refractivity contribution in [3.63, 3.8) is 0 Å². The van der Waals surface area contributed by atoms with Crippen LogP contribution in [0.25, 0.3) is 22.5 Å². The van der Waals surface area contributed by atoms with Crippen LogP contribution in [0.15, 0.2) is 78.9 Å². The van der Waals surface area contributed by atoms with Crippen molar-refractivity contribution < 1.29 is 9.53 Å². The number of nitrogens with two attached hydrogens (primary N) is 1. The molecule has 210 valence electrons. The molecule has 5 aromatic rings. The Balaban J connectivity index is 1.34. The number of esters is 1. The summed E-state index contributed by atoms with van der Waals surface area (Å²) in [6.45, 7) is 2.67. The van der Waals surface area contributed by atoms with Crippen LogP contribution in [0.1, 0.15) is 42.4 Å². The zero-order chi connectivity index (χ0) is 28.6. The van der Waals surface area contributed by atoms with Gasteiger partial charge in [0.1, 0.15) is 18.5 Å². The number of halogens is 1. The first-order valence-electron chi connectivity index (χ1n) is 13.7. The van der Waals surface area contributed by atoms with Crippen LogP contribution in [0.2, 0.25) is 5.15 Å². The average Bonchev–Trinajstić information content (AvgIpc) is 3.64. The molecular weight excluding hydrogens is 538 g/mol. The second-order valence-corrected chi connectivity index (χ2v) is 10.2. The van der Waals surface area contributed by atoms with Gasteiger partial charge in [-0.25, -0.2) is 4.98 Å². The normalized spacial score (nSPS) is 11.9. The molecule has 41 heavy (non-hydrogen) atoms. The number of nitrogens with one attached hydrogen (secondary N) is 1. The molecule has 2 aromatic heterocycles. The number of hydrogen-bond donors (Lipinski definition) is 2. The maximum atomic E-state index is 12.7. The third kappa shape index (κ3) is 6.87. The van der Waals surface area contributed by atoms with Crippen molar-refractivity contribution in [2.45, 2.75) is 51.8 Å². The predicted molar refractivity (Wildman–Crippen MR) is 158 cm³/mol. The SMILES string of the molecule is CCCCc1nc(Cl)c(COC(=O)C(N)Cc2ccccc2)n1Cc1ccc(-c2ccccc2-c2nn[nH]n2)cc1. The molecule has 0 aliphatic heterocycles. The molecule has 0 spiro atoms. The Labute approximate surface area is 243 Å². The van der Waals surface area contributed by atoms with Gasteiger partial charge in [0.05, 0.1) is 5.69 Å². The Bertz CT molecular complexity index is 1570. The highest BCUT2D eigenvalue weighted by molar-refractivity contribution is 6.30. The number of hydrogen-bond acceptors (Lipinski definition) is 7. The van der Waals surface area contributed by atoms with Crippen molar-refractivity contribution in [2.75, 3.05) is 0 Å². The fourth-order valence-electron chi connectivity index (χ4n) is 4.73. The van der Waals surface area contributed by atoms with Gasteiger partial charge < -0.3 is 15.0 Å². The summed E-state index contributed by atoms with van der Waals surface area (Å²) in [6, 6.07) is 25.1. The van der Waals surface area contributed by atoms with Gasteiger partial charge in [-0.15, -0.1) is 10.2 Å². The number of H-pyrrole nitrogens is 1. The Kier molecular flexibility index (Phi) is 9.18. The molecule has 0 amide bonds. The summed E-state index contributed by atoms with van der Waals surface area (Å²) in [5, 5.41) is 14.8. The van der Waals surface area contributed by atoms with E-state index < -0.39 is 12.0 Å². The molecule has 3 aromatic carbocycles. The lowest BCUT2D eigenvalue weighted by molar-refractivity contribution is -0.146. The molecule has 10 heteroatoms. The van der Waals surface area contributed by atoms with Crippen molar-refractivity contribution in [2.24, 2.45) is 5.73 Å². The minimum atomic E-state index is -0.769. The number of imidazole rings is 1. The number of aromatic amines is 1. The standard InChI is InChI=1S/C31H32ClN7O2/c1-2-3-13-28-34-29(32)27(20-41-31(40)26(33)18-21-9-5-4-6-10-21)39(28)19-22-14-16-23(17-15-22)24-11-7-8-12-25(24)30-35-37-38-36-30/h4-12,14-17,26H,2-3,13,18-20,33H2,1H3,(H,35,36,37,38). The Morgan fingerprint density at radius 2 is 1.73 bits per heavy atom. The molecule has 0 saturated heterocycles. The summed E-state index contributed by atoms with van der Waals surface area (Å²) in [7, 11) is 0. The van der Waals surface area contributed by atoms with Gasteiger partial charge >= 0.3 is 5.97 Å². The lowest BCUT2D eigenvalue weighted by Gasteiger charge is -2.15. The van der Waals surface area contributed by atoms with Gasteiger partial charge in [-0.05, 0) is 40.3 Å². The van der Waals surface area contributed by atoms with Crippen LogP contribution in [0.5, 0.6) is 0 Å². The average molecular weight is 570 g/mol. The van der Waals surface area contributed by atoms with Crippen molar-refractivity contribution in [1.29, 1.82) is 0 Å². The van der Waals surface area contributed by atoms with Crippen LogP contribution in [-0.2, 0) is 35.5 Å². The van der Waals surface area contributed by atoms with Gasteiger partial charge in [-0.3, -0.25) is 4.79 Å². The molecular formula is C31H32ClN7O2. The van der Waals surface area contributed by atoms with Crippen LogP contribution in [0.3, 0.4) is 0 Å². The van der Waals surface area contributed by atoms with E-state index in [1.165, 1.54) is 0 Å². The molecule has 2 heterocycles. The first-order chi connectivity index (χ1) is 20.0. The maximum absolute atomic E-state index is 12.7. The highest BCUT2D eigenvalue weighted by Gasteiger charge is 2.21. The van der Waals surface area contributed by atoms with Crippen molar-refractivity contribution in [3.8, 4) is 22.5 Å². The first-order valence-corrected chi connectivity index (χ1v) is 14.0. The lowest BCUT2D eigenvalue weighted by atomic mass is 9.98. The van der Waals surface area contributed by atoms with E-state index in [4.69, 9.17) is 22.1 Å². The minimum Gasteiger partial charge on any atom is -0.458 e. The molecule has 5 rings (SSSR count). The molecule has 0 saturated carbocycles. The molecule has 1 atom stereocenters. The van der Waals surface area contributed by atoms with Gasteiger partial charge in [0, 0.05) is 18.5 Å². The number of benzene rings is 3. The monoisotopic (exact) mass is 569 g/mol. The topological polar surface area (TPSA) is 125 Å². The number of ether oxygens (including phenoxy) is 1. The molecule has 0 aliphatic rings. The highest BCUT2D eigenvalue weighted by Crippen LogP contribution is 2.30. The Morgan fingerprint density at radius 3 is 2.44 bits per heavy atom. The van der Waals surface area contributed by atoms with E-state index in [0.717, 1.165) is 52.9 Å². The summed E-state index contributed by atoms with van der Waals surface area (Å²) in [5.74, 6) is 0.932. The van der Waals surface area contributed by atoms with Crippen molar-refractivity contribution in [3.05, 3.63) is 107 Å². The molecule has 0 aliphatic carbocycles. The van der Waals surface area contributed by atoms with E-state index in [1.807, 2.05) is 54.6 Å². The summed E-state index contributed by atoms with van der Waals surface area (Å²) in [5.41, 5.74) is 11.8. The number of rotatable bonds is 12. The summed E-state index contributed by atoms with van der Waals surface area (Å²) in [4.78, 5) is 17.4. The quantitative estimate of drug-likeness (QED) is 0.193. The molecule has 0 bridgehead atoms. The number of aromatic nitrogens is 6. The summed E-state index contributed by atoms with van der Waals surface area (Å²) >= 11 is 6.59. The van der Waals surface area contributed by atoms with Crippen molar-refractivity contribution >= 4 is 17.6 Å². The minimum absolute atomic E-state index is 0.00452. The Hall–Kier alpha value is -4.34. The number of tetrazole rings is 1. The fourth-order valence-corrected chi connectivity index (χ4v) is 4.99. The van der Waals surface area contributed by atoms with Gasteiger partial charge in [-0.2, -0.15) is 5.21 Å². The number of nitrogens with zero attached hydrogens (tertiary/aromatic N) is 5. The second-order valence-electron chi connectivity index (χ2n) is 9.84. The number of unbranched alkanes of at least 4 members (excludes halogenated alkanes) is 1. The zero-order valence-corrected chi connectivity index (χ0v) is 23.6. The van der Waals surface area contributed by atoms with Crippen LogP contribution < -0.4 is 5.73 Å². The van der Waals surface area contributed by atoms with E-state index in [0.29, 0.717) is 29.6 Å². The van der Waals surface area contributed by atoms with E-state index >= 15 is 0 Å². The number of carbonyl (C=O) groups is 1. The fraction of sp³-hybridized carbons (Fsp3) is 0.258. The van der Waals surface area contributed by atoms with Crippen LogP contribution in [0, 0.1) is 0 Å². The number of carbonyl (C=O) groups excluding carboxylic acids is 1. The Morgan fingerprint density at radius 1 is 1.00 bits per heavy atom. The van der Waals surface area contributed by atoms with Gasteiger partial charge in [0.2, 0.25) is 5.82 Å². The van der Waals surface area contributed by atoms with E-state index in [-0.39, 0.29) is 6.61 Å². The first kappa shape index (κ1) is 28.2. The molecule has 1 unspecified atom stereocenters. The van der Waals surface area contributed by atoms with E-state index in [1.54, 1.807) is 0 Å². The largest absolute Gasteiger partial charge is 0.458 e. The van der Waals surface area contributed by atoms with E-state index in [9.17, 15) is 4.79 Å². The van der Waals surface area contributed by atoms with E-state index in [2.05, 4.69) is 61.4 Å². The maximum Gasteiger partial charge on any atom is 0.323 e. The van der Waals surface area contributed by atoms with Crippen LogP contribution >= 0.6 is 11.6 Å². The predicted octanol–water partition coefficient (Wildman–Crippen LogP) is 5.39. The zero-order valence-electron chi connectivity index (χ0n) is 22.8. The summed E-state index contributed by atoms with van der Waals surface area (Å²) in [6.07, 6.45) is 3.17. The summed E-state index contributed by atoms with van der Waals surface area (Å²) < 4.78 is 7.69. The highest BCUT2D eigenvalue weighted by atomic mass is 35.5. The molecule has 3 N–H and O–H groups in total. The third-order valence-electron chi connectivity index (χ3n) is 6.93. The molecule has 9 nitrogen and oxygen atoms in total. The van der Waals surface area contributed by atoms with Gasteiger partial charge in [-0.1, -0.05) is 104 Å².